The van der Waals surface area contributed by atoms with Crippen molar-refractivity contribution in [1.82, 2.24) is 19.5 Å². The van der Waals surface area contributed by atoms with Gasteiger partial charge in [-0.1, -0.05) is 32.5 Å². The van der Waals surface area contributed by atoms with Crippen molar-refractivity contribution in [2.45, 2.75) is 43.7 Å². The summed E-state index contributed by atoms with van der Waals surface area (Å²) in [5.74, 6) is 1.45. The Morgan fingerprint density at radius 2 is 1.90 bits per heavy atom. The molecule has 8 nitrogen and oxygen atoms in total. The Bertz CT molecular complexity index is 933. The Labute approximate surface area is 175 Å². The number of hydrogen-bond donors (Lipinski definition) is 2. The Balaban J connectivity index is 1.58. The fourth-order valence-corrected chi connectivity index (χ4v) is 5.79. The molecule has 2 aromatic rings. The van der Waals surface area contributed by atoms with Crippen LogP contribution in [0.15, 0.2) is 34.3 Å². The second kappa shape index (κ2) is 9.27. The zero-order valence-electron chi connectivity index (χ0n) is 16.9. The molecule has 0 radical (unpaired) electrons. The molecule has 2 N–H and O–H groups in total. The third kappa shape index (κ3) is 5.58. The van der Waals surface area contributed by atoms with E-state index in [0.717, 1.165) is 18.7 Å². The van der Waals surface area contributed by atoms with E-state index >= 15 is 0 Å². The molecule has 0 bridgehead atoms. The first-order valence-corrected chi connectivity index (χ1v) is 12.1. The summed E-state index contributed by atoms with van der Waals surface area (Å²) in [6.07, 6.45) is 1.80. The number of anilines is 1. The lowest BCUT2D eigenvalue weighted by Gasteiger charge is -2.34. The van der Waals surface area contributed by atoms with Gasteiger partial charge in [0.15, 0.2) is 0 Å². The van der Waals surface area contributed by atoms with Crippen LogP contribution < -0.4 is 5.32 Å². The second-order valence-electron chi connectivity index (χ2n) is 7.55. The molecule has 158 valence electrons. The van der Waals surface area contributed by atoms with Crippen molar-refractivity contribution < 1.29 is 13.2 Å². The highest BCUT2D eigenvalue weighted by molar-refractivity contribution is 7.99. The topological polar surface area (TPSA) is 108 Å². The van der Waals surface area contributed by atoms with Gasteiger partial charge in [0.25, 0.3) is 0 Å². The first-order valence-electron chi connectivity index (χ1n) is 9.72. The van der Waals surface area contributed by atoms with E-state index in [2.05, 4.69) is 34.3 Å². The van der Waals surface area contributed by atoms with E-state index in [1.165, 1.54) is 11.8 Å². The highest BCUT2D eigenvalue weighted by atomic mass is 32.2. The molecule has 1 fully saturated rings. The molecule has 29 heavy (non-hydrogen) atoms. The summed E-state index contributed by atoms with van der Waals surface area (Å²) in [5, 5.41) is 10.1. The molecule has 10 heteroatoms. The SMILES string of the molecule is CCc1nc(SCC(=O)Nc2ccc(S(=O)(=O)N3C[C@@H](C)C[C@H](C)C3)cc2)n[nH]1. The molecule has 1 aliphatic heterocycles. The van der Waals surface area contributed by atoms with Gasteiger partial charge in [0.1, 0.15) is 5.82 Å². The van der Waals surface area contributed by atoms with Crippen LogP contribution in [0, 0.1) is 11.8 Å². The lowest BCUT2D eigenvalue weighted by atomic mass is 9.94. The van der Waals surface area contributed by atoms with Crippen molar-refractivity contribution in [3.63, 3.8) is 0 Å². The molecule has 0 aliphatic carbocycles. The molecule has 2 atom stereocenters. The molecule has 0 spiro atoms. The van der Waals surface area contributed by atoms with Crippen molar-refractivity contribution in [3.8, 4) is 0 Å². The number of hydrogen-bond acceptors (Lipinski definition) is 6. The number of aryl methyl sites for hydroxylation is 1. The third-order valence-corrected chi connectivity index (χ3v) is 7.48. The van der Waals surface area contributed by atoms with Crippen molar-refractivity contribution in [2.75, 3.05) is 24.2 Å². The van der Waals surface area contributed by atoms with Crippen molar-refractivity contribution in [3.05, 3.63) is 30.1 Å². The highest BCUT2D eigenvalue weighted by Crippen LogP contribution is 2.27. The molecule has 1 aromatic heterocycles. The van der Waals surface area contributed by atoms with Gasteiger partial charge in [0.2, 0.25) is 21.1 Å². The average Bonchev–Trinajstić information content (AvgIpc) is 3.14. The maximum Gasteiger partial charge on any atom is 0.243 e. The fraction of sp³-hybridized carbons (Fsp3) is 0.526. The van der Waals surface area contributed by atoms with Crippen LogP contribution in [-0.4, -0.2) is 52.7 Å². The number of sulfonamides is 1. The summed E-state index contributed by atoms with van der Waals surface area (Å²) < 4.78 is 27.4. The summed E-state index contributed by atoms with van der Waals surface area (Å²) >= 11 is 1.24. The molecule has 3 rings (SSSR count). The summed E-state index contributed by atoms with van der Waals surface area (Å²) in [4.78, 5) is 16.6. The lowest BCUT2D eigenvalue weighted by Crippen LogP contribution is -2.42. The predicted molar refractivity (Wildman–Crippen MR) is 113 cm³/mol. The van der Waals surface area contributed by atoms with E-state index in [9.17, 15) is 13.2 Å². The van der Waals surface area contributed by atoms with E-state index in [1.54, 1.807) is 28.6 Å². The zero-order valence-corrected chi connectivity index (χ0v) is 18.5. The van der Waals surface area contributed by atoms with Gasteiger partial charge in [-0.2, -0.15) is 4.31 Å². The smallest absolute Gasteiger partial charge is 0.243 e. The highest BCUT2D eigenvalue weighted by Gasteiger charge is 2.31. The Kier molecular flexibility index (Phi) is 6.97. The van der Waals surface area contributed by atoms with Crippen LogP contribution in [0.2, 0.25) is 0 Å². The number of rotatable bonds is 7. The number of nitrogens with one attached hydrogen (secondary N) is 2. The number of aromatic nitrogens is 3. The largest absolute Gasteiger partial charge is 0.325 e. The summed E-state index contributed by atoms with van der Waals surface area (Å²) in [6.45, 7) is 7.22. The molecule has 0 unspecified atom stereocenters. The van der Waals surface area contributed by atoms with Gasteiger partial charge in [-0.3, -0.25) is 9.89 Å². The fourth-order valence-electron chi connectivity index (χ4n) is 3.49. The van der Waals surface area contributed by atoms with Gasteiger partial charge in [-0.25, -0.2) is 13.4 Å². The third-order valence-electron chi connectivity index (χ3n) is 4.79. The first kappa shape index (κ1) is 21.8. The maximum atomic E-state index is 12.9. The van der Waals surface area contributed by atoms with E-state index in [0.29, 0.717) is 35.8 Å². The molecule has 1 aromatic carbocycles. The number of carbonyl (C=O) groups is 1. The minimum absolute atomic E-state index is 0.171. The van der Waals surface area contributed by atoms with E-state index < -0.39 is 10.0 Å². The quantitative estimate of drug-likeness (QED) is 0.645. The van der Waals surface area contributed by atoms with Crippen LogP contribution in [0.1, 0.15) is 33.0 Å². The van der Waals surface area contributed by atoms with Crippen molar-refractivity contribution >= 4 is 33.4 Å². The number of carbonyl (C=O) groups excluding carboxylic acids is 1. The van der Waals surface area contributed by atoms with E-state index in [-0.39, 0.29) is 16.6 Å². The van der Waals surface area contributed by atoms with Crippen LogP contribution in [-0.2, 0) is 21.2 Å². The molecule has 1 saturated heterocycles. The Morgan fingerprint density at radius 1 is 1.24 bits per heavy atom. The van der Waals surface area contributed by atoms with E-state index in [1.807, 2.05) is 6.92 Å². The zero-order chi connectivity index (χ0) is 21.0. The molecule has 0 saturated carbocycles. The van der Waals surface area contributed by atoms with Crippen molar-refractivity contribution in [2.24, 2.45) is 11.8 Å². The van der Waals surface area contributed by atoms with Crippen LogP contribution >= 0.6 is 11.8 Å². The number of aromatic amines is 1. The minimum atomic E-state index is -3.52. The van der Waals surface area contributed by atoms with E-state index in [4.69, 9.17) is 0 Å². The lowest BCUT2D eigenvalue weighted by molar-refractivity contribution is -0.113. The second-order valence-corrected chi connectivity index (χ2v) is 10.4. The van der Waals surface area contributed by atoms with Gasteiger partial charge in [0.05, 0.1) is 10.6 Å². The monoisotopic (exact) mass is 437 g/mol. The van der Waals surface area contributed by atoms with Gasteiger partial charge >= 0.3 is 0 Å². The molecular weight excluding hydrogens is 410 g/mol. The molecular formula is C19H27N5O3S2. The first-order chi connectivity index (χ1) is 13.8. The molecule has 1 amide bonds. The van der Waals surface area contributed by atoms with Crippen LogP contribution in [0.3, 0.4) is 0 Å². The van der Waals surface area contributed by atoms with Crippen LogP contribution in [0.4, 0.5) is 5.69 Å². The molecule has 1 aliphatic rings. The maximum absolute atomic E-state index is 12.9. The van der Waals surface area contributed by atoms with Crippen molar-refractivity contribution in [1.29, 1.82) is 0 Å². The summed E-state index contributed by atoms with van der Waals surface area (Å²) in [7, 11) is -3.52. The number of H-pyrrole nitrogens is 1. The number of piperidine rings is 1. The standard InChI is InChI=1S/C19H27N5O3S2/c1-4-17-21-19(23-22-17)28-12-18(25)20-15-5-7-16(8-6-15)29(26,27)24-10-13(2)9-14(3)11-24/h5-8,13-14H,4,9-12H2,1-3H3,(H,20,25)(H,21,22,23)/t13-,14-/m0/s1. The van der Waals surface area contributed by atoms with Gasteiger partial charge < -0.3 is 5.32 Å². The molecule has 2 heterocycles. The number of thioether (sulfide) groups is 1. The van der Waals surface area contributed by atoms with Crippen LogP contribution in [0.5, 0.6) is 0 Å². The summed E-state index contributed by atoms with van der Waals surface area (Å²) in [6, 6.07) is 6.33. The van der Waals surface area contributed by atoms with Gasteiger partial charge in [-0.15, -0.1) is 5.10 Å². The normalized spacial score (nSPS) is 20.5. The summed E-state index contributed by atoms with van der Waals surface area (Å²) in [5.41, 5.74) is 0.555. The average molecular weight is 438 g/mol. The van der Waals surface area contributed by atoms with Crippen LogP contribution in [0.25, 0.3) is 0 Å². The Morgan fingerprint density at radius 3 is 2.48 bits per heavy atom. The van der Waals surface area contributed by atoms with Gasteiger partial charge in [-0.05, 0) is 42.5 Å². The number of benzene rings is 1. The minimum Gasteiger partial charge on any atom is -0.325 e. The number of nitrogens with zero attached hydrogens (tertiary/aromatic N) is 3. The predicted octanol–water partition coefficient (Wildman–Crippen LogP) is 2.76. The Hall–Kier alpha value is -1.91. The number of amides is 1. The van der Waals surface area contributed by atoms with Gasteiger partial charge in [0, 0.05) is 25.2 Å².